The predicted octanol–water partition coefficient (Wildman–Crippen LogP) is 16.0. The van der Waals surface area contributed by atoms with Crippen LogP contribution in [0.5, 0.6) is 11.5 Å². The second-order valence-corrected chi connectivity index (χ2v) is 16.4. The first-order valence-electron chi connectivity index (χ1n) is 21.2. The van der Waals surface area contributed by atoms with E-state index in [1.165, 1.54) is 33.0 Å². The van der Waals surface area contributed by atoms with Crippen LogP contribution in [0.2, 0.25) is 0 Å². The largest absolute Gasteiger partial charge is 0.457 e. The van der Waals surface area contributed by atoms with Gasteiger partial charge in [-0.3, -0.25) is 0 Å². The van der Waals surface area contributed by atoms with E-state index in [0.717, 1.165) is 83.9 Å². The highest BCUT2D eigenvalue weighted by Gasteiger charge is 2.51. The smallest absolute Gasteiger partial charge is 0.135 e. The van der Waals surface area contributed by atoms with Gasteiger partial charge in [0.1, 0.15) is 22.7 Å². The quantitative estimate of drug-likeness (QED) is 0.174. The van der Waals surface area contributed by atoms with Crippen LogP contribution in [0.1, 0.15) is 22.3 Å². The maximum absolute atomic E-state index is 6.68. The molecule has 1 aromatic heterocycles. The highest BCUT2D eigenvalue weighted by molar-refractivity contribution is 6.07. The highest BCUT2D eigenvalue weighted by Crippen LogP contribution is 2.63. The Morgan fingerprint density at radius 1 is 0.355 bits per heavy atom. The van der Waals surface area contributed by atoms with Gasteiger partial charge in [-0.2, -0.15) is 0 Å². The van der Waals surface area contributed by atoms with Crippen molar-refractivity contribution < 1.29 is 9.15 Å². The molecule has 0 fully saturated rings. The maximum atomic E-state index is 6.68. The van der Waals surface area contributed by atoms with Crippen molar-refractivity contribution in [2.75, 3.05) is 4.90 Å². The number of benzene rings is 10. The van der Waals surface area contributed by atoms with Gasteiger partial charge in [0, 0.05) is 38.8 Å². The van der Waals surface area contributed by atoms with Crippen molar-refractivity contribution in [2.24, 2.45) is 0 Å². The lowest BCUT2D eigenvalue weighted by atomic mass is 9.66. The van der Waals surface area contributed by atoms with Crippen molar-refractivity contribution in [3.63, 3.8) is 0 Å². The third kappa shape index (κ3) is 5.00. The Morgan fingerprint density at radius 3 is 1.81 bits per heavy atom. The van der Waals surface area contributed by atoms with E-state index in [9.17, 15) is 0 Å². The summed E-state index contributed by atoms with van der Waals surface area (Å²) in [6, 6.07) is 81.0. The summed E-state index contributed by atoms with van der Waals surface area (Å²) in [5.41, 5.74) is 16.4. The summed E-state index contributed by atoms with van der Waals surface area (Å²) < 4.78 is 12.9. The average Bonchev–Trinajstić information content (AvgIpc) is 3.86. The fourth-order valence-corrected chi connectivity index (χ4v) is 10.5. The molecule has 0 saturated carbocycles. The van der Waals surface area contributed by atoms with Crippen molar-refractivity contribution in [1.29, 1.82) is 0 Å². The van der Waals surface area contributed by atoms with E-state index in [1.807, 2.05) is 12.1 Å². The molecule has 0 unspecified atom stereocenters. The summed E-state index contributed by atoms with van der Waals surface area (Å²) >= 11 is 0. The third-order valence-electron chi connectivity index (χ3n) is 13.1. The molecule has 2 aliphatic rings. The van der Waals surface area contributed by atoms with Gasteiger partial charge in [-0.05, 0) is 110 Å². The van der Waals surface area contributed by atoms with Crippen LogP contribution in [0.3, 0.4) is 0 Å². The summed E-state index contributed by atoms with van der Waals surface area (Å²) in [6.07, 6.45) is 0. The standard InChI is InChI=1S/C59H37NO2/c1-2-14-39(15-3-1)44-17-6-10-22-53(44)60(42-30-26-38(27-31-42)41-29-35-55-47(36-41)46-19-7-11-23-54(46)61-55)43-32-34-49-48(37-43)58-45-18-5-4-16-40(45)28-33-52(58)59(49)50-20-8-12-24-56(50)62-57-25-13-9-21-51(57)59/h1-37H. The molecule has 13 rings (SSSR count). The molecule has 0 bridgehead atoms. The Balaban J connectivity index is 1.04. The zero-order chi connectivity index (χ0) is 40.8. The first-order valence-corrected chi connectivity index (χ1v) is 21.2. The van der Waals surface area contributed by atoms with Gasteiger partial charge in [-0.15, -0.1) is 0 Å². The lowest BCUT2D eigenvalue weighted by Gasteiger charge is -2.39. The van der Waals surface area contributed by atoms with Gasteiger partial charge < -0.3 is 14.1 Å². The van der Waals surface area contributed by atoms with E-state index >= 15 is 0 Å². The van der Waals surface area contributed by atoms with Gasteiger partial charge in [0.2, 0.25) is 0 Å². The van der Waals surface area contributed by atoms with Gasteiger partial charge in [-0.25, -0.2) is 0 Å². The van der Waals surface area contributed by atoms with Crippen LogP contribution in [0.4, 0.5) is 17.1 Å². The zero-order valence-electron chi connectivity index (χ0n) is 33.6. The molecule has 11 aromatic rings. The second-order valence-electron chi connectivity index (χ2n) is 16.4. The minimum Gasteiger partial charge on any atom is -0.457 e. The number of para-hydroxylation sites is 4. The van der Waals surface area contributed by atoms with Gasteiger partial charge in [0.15, 0.2) is 0 Å². The zero-order valence-corrected chi connectivity index (χ0v) is 33.6. The molecule has 2 heterocycles. The number of furan rings is 1. The Hall–Kier alpha value is -8.14. The van der Waals surface area contributed by atoms with Crippen LogP contribution in [0.25, 0.3) is 66.1 Å². The number of rotatable bonds is 5. The molecule has 1 spiro atoms. The third-order valence-corrected chi connectivity index (χ3v) is 13.1. The van der Waals surface area contributed by atoms with Crippen LogP contribution in [0.15, 0.2) is 229 Å². The normalized spacial score (nSPS) is 13.1. The Labute approximate surface area is 359 Å². The lowest BCUT2D eigenvalue weighted by molar-refractivity contribution is 0.436. The van der Waals surface area contributed by atoms with Crippen LogP contribution in [-0.4, -0.2) is 0 Å². The number of ether oxygens (including phenoxy) is 1. The van der Waals surface area contributed by atoms with Crippen LogP contribution in [-0.2, 0) is 5.41 Å². The summed E-state index contributed by atoms with van der Waals surface area (Å²) in [5.74, 6) is 1.78. The monoisotopic (exact) mass is 791 g/mol. The molecular formula is C59H37NO2. The van der Waals surface area contributed by atoms with Gasteiger partial charge in [-0.1, -0.05) is 164 Å². The van der Waals surface area contributed by atoms with Gasteiger partial charge >= 0.3 is 0 Å². The molecule has 0 radical (unpaired) electrons. The number of fused-ring (bicyclic) bond motifs is 14. The Kier molecular flexibility index (Phi) is 7.52. The van der Waals surface area contributed by atoms with Crippen molar-refractivity contribution in [1.82, 2.24) is 0 Å². The van der Waals surface area contributed by atoms with E-state index in [4.69, 9.17) is 9.15 Å². The van der Waals surface area contributed by atoms with E-state index in [2.05, 4.69) is 217 Å². The summed E-state index contributed by atoms with van der Waals surface area (Å²) in [7, 11) is 0. The van der Waals surface area contributed by atoms with Crippen molar-refractivity contribution in [2.45, 2.75) is 5.41 Å². The molecule has 1 aliphatic carbocycles. The van der Waals surface area contributed by atoms with Crippen molar-refractivity contribution in [3.05, 3.63) is 247 Å². The minimum atomic E-state index is -0.575. The highest BCUT2D eigenvalue weighted by atomic mass is 16.5. The molecular weight excluding hydrogens is 755 g/mol. The molecule has 0 atom stereocenters. The lowest BCUT2D eigenvalue weighted by Crippen LogP contribution is -2.32. The van der Waals surface area contributed by atoms with Gasteiger partial charge in [0.25, 0.3) is 0 Å². The van der Waals surface area contributed by atoms with Crippen molar-refractivity contribution in [3.8, 4) is 44.9 Å². The second kappa shape index (κ2) is 13.4. The fraction of sp³-hybridized carbons (Fsp3) is 0.0169. The molecule has 10 aromatic carbocycles. The van der Waals surface area contributed by atoms with E-state index in [1.54, 1.807) is 0 Å². The Morgan fingerprint density at radius 2 is 0.984 bits per heavy atom. The van der Waals surface area contributed by atoms with E-state index < -0.39 is 5.41 Å². The summed E-state index contributed by atoms with van der Waals surface area (Å²) in [6.45, 7) is 0. The first-order chi connectivity index (χ1) is 30.7. The summed E-state index contributed by atoms with van der Waals surface area (Å²) in [4.78, 5) is 2.43. The topological polar surface area (TPSA) is 25.6 Å². The molecule has 3 nitrogen and oxygen atoms in total. The maximum Gasteiger partial charge on any atom is 0.135 e. The average molecular weight is 792 g/mol. The predicted molar refractivity (Wildman–Crippen MR) is 254 cm³/mol. The molecule has 290 valence electrons. The molecule has 3 heteroatoms. The van der Waals surface area contributed by atoms with Crippen LogP contribution < -0.4 is 9.64 Å². The minimum absolute atomic E-state index is 0.575. The molecule has 0 amide bonds. The number of hydrogen-bond donors (Lipinski definition) is 0. The fourth-order valence-electron chi connectivity index (χ4n) is 10.5. The molecule has 62 heavy (non-hydrogen) atoms. The number of nitrogens with zero attached hydrogens (tertiary/aromatic N) is 1. The van der Waals surface area contributed by atoms with Crippen molar-refractivity contribution >= 4 is 49.8 Å². The molecule has 1 aliphatic heterocycles. The van der Waals surface area contributed by atoms with E-state index in [0.29, 0.717) is 0 Å². The molecule has 0 N–H and O–H groups in total. The molecule has 0 saturated heterocycles. The number of hydrogen-bond acceptors (Lipinski definition) is 3. The Bertz CT molecular complexity index is 3520. The van der Waals surface area contributed by atoms with Crippen LogP contribution in [0, 0.1) is 0 Å². The summed E-state index contributed by atoms with van der Waals surface area (Å²) in [5, 5.41) is 4.71. The van der Waals surface area contributed by atoms with Crippen LogP contribution >= 0.6 is 0 Å². The van der Waals surface area contributed by atoms with E-state index in [-0.39, 0.29) is 0 Å². The number of anilines is 3. The first kappa shape index (κ1) is 34.7. The van der Waals surface area contributed by atoms with Gasteiger partial charge in [0.05, 0.1) is 11.1 Å². The SMILES string of the molecule is c1ccc(-c2ccccc2N(c2ccc(-c3ccc4oc5ccccc5c4c3)cc2)c2ccc3c(c2)-c2c(ccc4ccccc24)C32c3ccccc3Oc3ccccc32)cc1.